The lowest BCUT2D eigenvalue weighted by Crippen LogP contribution is -2.13. The quantitative estimate of drug-likeness (QED) is 0.727. The molecule has 0 aliphatic carbocycles. The smallest absolute Gasteiger partial charge is 0.0408 e. The first kappa shape index (κ1) is 15.7. The second-order valence-electron chi connectivity index (χ2n) is 5.45. The number of aryl methyl sites for hydroxylation is 3. The Morgan fingerprint density at radius 3 is 2.71 bits per heavy atom. The summed E-state index contributed by atoms with van der Waals surface area (Å²) < 4.78 is 0. The maximum absolute atomic E-state index is 6.05. The Kier molecular flexibility index (Phi) is 5.46. The van der Waals surface area contributed by atoms with Gasteiger partial charge in [-0.2, -0.15) is 0 Å². The van der Waals surface area contributed by atoms with Gasteiger partial charge in [0.15, 0.2) is 0 Å². The van der Waals surface area contributed by atoms with Crippen LogP contribution in [0.1, 0.15) is 28.7 Å². The largest absolute Gasteiger partial charge is 0.385 e. The summed E-state index contributed by atoms with van der Waals surface area (Å²) in [4.78, 5) is 0. The van der Waals surface area contributed by atoms with E-state index < -0.39 is 0 Å². The molecule has 0 atom stereocenters. The molecule has 0 unspecified atom stereocenters. The Morgan fingerprint density at radius 1 is 1.14 bits per heavy atom. The highest BCUT2D eigenvalue weighted by molar-refractivity contribution is 6.30. The van der Waals surface area contributed by atoms with E-state index in [0.717, 1.165) is 35.7 Å². The number of hydrogen-bond acceptors (Lipinski definition) is 1. The number of rotatable bonds is 6. The molecule has 0 heterocycles. The number of benzene rings is 2. The van der Waals surface area contributed by atoms with E-state index in [0.29, 0.717) is 0 Å². The van der Waals surface area contributed by atoms with Crippen LogP contribution in [-0.4, -0.2) is 6.54 Å². The Hall–Kier alpha value is -1.73. The van der Waals surface area contributed by atoms with Crippen molar-refractivity contribution in [3.05, 3.63) is 76.3 Å². The van der Waals surface area contributed by atoms with Gasteiger partial charge in [0.2, 0.25) is 0 Å². The van der Waals surface area contributed by atoms with Crippen LogP contribution in [0.5, 0.6) is 0 Å². The van der Waals surface area contributed by atoms with Crippen molar-refractivity contribution >= 4 is 17.3 Å². The molecule has 0 radical (unpaired) electrons. The molecule has 2 aromatic rings. The van der Waals surface area contributed by atoms with Crippen molar-refractivity contribution in [1.29, 1.82) is 0 Å². The summed E-state index contributed by atoms with van der Waals surface area (Å²) in [6.07, 6.45) is 2.09. The summed E-state index contributed by atoms with van der Waals surface area (Å²) in [5.74, 6) is 0. The highest BCUT2D eigenvalue weighted by Crippen LogP contribution is 2.17. The van der Waals surface area contributed by atoms with Crippen LogP contribution in [-0.2, 0) is 6.42 Å². The predicted molar refractivity (Wildman–Crippen MR) is 92.7 cm³/mol. The van der Waals surface area contributed by atoms with E-state index in [1.165, 1.54) is 16.7 Å². The van der Waals surface area contributed by atoms with Gasteiger partial charge in [0.05, 0.1) is 0 Å². The van der Waals surface area contributed by atoms with Crippen LogP contribution in [0, 0.1) is 13.8 Å². The molecular formula is C19H22ClN. The van der Waals surface area contributed by atoms with Gasteiger partial charge in [-0.05, 0) is 61.6 Å². The fourth-order valence-corrected chi connectivity index (χ4v) is 2.56. The molecule has 1 N–H and O–H groups in total. The molecule has 2 heteroatoms. The van der Waals surface area contributed by atoms with Gasteiger partial charge in [-0.15, -0.1) is 0 Å². The van der Waals surface area contributed by atoms with Gasteiger partial charge in [-0.3, -0.25) is 0 Å². The SMILES string of the molecule is C=C(NCCCc1cc(Cl)ccc1C)c1cccc(C)c1. The van der Waals surface area contributed by atoms with Crippen molar-refractivity contribution in [2.24, 2.45) is 0 Å². The van der Waals surface area contributed by atoms with Gasteiger partial charge < -0.3 is 5.32 Å². The maximum atomic E-state index is 6.05. The van der Waals surface area contributed by atoms with Crippen LogP contribution in [0.25, 0.3) is 5.70 Å². The summed E-state index contributed by atoms with van der Waals surface area (Å²) in [6.45, 7) is 9.25. The van der Waals surface area contributed by atoms with Crippen LogP contribution in [0.4, 0.5) is 0 Å². The molecule has 0 aliphatic rings. The topological polar surface area (TPSA) is 12.0 Å². The lowest BCUT2D eigenvalue weighted by Gasteiger charge is -2.11. The molecular weight excluding hydrogens is 278 g/mol. The second kappa shape index (κ2) is 7.33. The van der Waals surface area contributed by atoms with Crippen molar-refractivity contribution in [2.45, 2.75) is 26.7 Å². The van der Waals surface area contributed by atoms with Gasteiger partial charge in [0, 0.05) is 17.3 Å². The molecule has 0 saturated heterocycles. The molecule has 1 nitrogen and oxygen atoms in total. The van der Waals surface area contributed by atoms with E-state index in [4.69, 9.17) is 11.6 Å². The minimum absolute atomic E-state index is 0.813. The van der Waals surface area contributed by atoms with E-state index in [9.17, 15) is 0 Å². The van der Waals surface area contributed by atoms with Gasteiger partial charge >= 0.3 is 0 Å². The Morgan fingerprint density at radius 2 is 1.95 bits per heavy atom. The Bertz CT molecular complexity index is 631. The molecule has 2 rings (SSSR count). The minimum atomic E-state index is 0.813. The molecule has 0 bridgehead atoms. The highest BCUT2D eigenvalue weighted by atomic mass is 35.5. The summed E-state index contributed by atoms with van der Waals surface area (Å²) in [5, 5.41) is 4.22. The van der Waals surface area contributed by atoms with Gasteiger partial charge in [0.1, 0.15) is 0 Å². The molecule has 2 aromatic carbocycles. The first-order valence-electron chi connectivity index (χ1n) is 7.31. The van der Waals surface area contributed by atoms with Crippen LogP contribution < -0.4 is 5.32 Å². The Labute approximate surface area is 132 Å². The molecule has 110 valence electrons. The van der Waals surface area contributed by atoms with Crippen LogP contribution in [0.15, 0.2) is 49.0 Å². The maximum Gasteiger partial charge on any atom is 0.0408 e. The fraction of sp³-hybridized carbons (Fsp3) is 0.263. The monoisotopic (exact) mass is 299 g/mol. The normalized spacial score (nSPS) is 10.4. The minimum Gasteiger partial charge on any atom is -0.385 e. The zero-order valence-electron chi connectivity index (χ0n) is 12.7. The zero-order chi connectivity index (χ0) is 15.2. The number of halogens is 1. The van der Waals surface area contributed by atoms with Crippen LogP contribution in [0.3, 0.4) is 0 Å². The standard InChI is InChI=1S/C19H22ClN/c1-14-6-4-7-18(12-14)16(3)21-11-5-8-17-13-19(20)10-9-15(17)2/h4,6-7,9-10,12-13,21H,3,5,8,11H2,1-2H3. The highest BCUT2D eigenvalue weighted by Gasteiger charge is 2.01. The summed E-state index contributed by atoms with van der Waals surface area (Å²) in [6, 6.07) is 14.5. The molecule has 0 spiro atoms. The number of nitrogens with one attached hydrogen (secondary N) is 1. The third-order valence-electron chi connectivity index (χ3n) is 3.64. The van der Waals surface area contributed by atoms with Gasteiger partial charge in [-0.25, -0.2) is 0 Å². The summed E-state index contributed by atoms with van der Waals surface area (Å²) >= 11 is 6.05. The van der Waals surface area contributed by atoms with Crippen molar-refractivity contribution < 1.29 is 0 Å². The molecule has 0 fully saturated rings. The zero-order valence-corrected chi connectivity index (χ0v) is 13.5. The number of hydrogen-bond donors (Lipinski definition) is 1. The predicted octanol–water partition coefficient (Wildman–Crippen LogP) is 5.15. The molecule has 0 aromatic heterocycles. The lowest BCUT2D eigenvalue weighted by molar-refractivity contribution is 0.760. The van der Waals surface area contributed by atoms with Gasteiger partial charge in [0.25, 0.3) is 0 Å². The average molecular weight is 300 g/mol. The summed E-state index contributed by atoms with van der Waals surface area (Å²) in [7, 11) is 0. The summed E-state index contributed by atoms with van der Waals surface area (Å²) in [5.41, 5.74) is 6.03. The third kappa shape index (κ3) is 4.64. The van der Waals surface area contributed by atoms with E-state index in [1.54, 1.807) is 0 Å². The van der Waals surface area contributed by atoms with E-state index >= 15 is 0 Å². The molecule has 0 aliphatic heterocycles. The van der Waals surface area contributed by atoms with Crippen molar-refractivity contribution in [3.8, 4) is 0 Å². The second-order valence-corrected chi connectivity index (χ2v) is 5.89. The first-order chi connectivity index (χ1) is 10.1. The van der Waals surface area contributed by atoms with Crippen molar-refractivity contribution in [3.63, 3.8) is 0 Å². The molecule has 21 heavy (non-hydrogen) atoms. The van der Waals surface area contributed by atoms with E-state index in [1.807, 2.05) is 6.07 Å². The first-order valence-corrected chi connectivity index (χ1v) is 7.69. The Balaban J connectivity index is 1.82. The molecule has 0 saturated carbocycles. The third-order valence-corrected chi connectivity index (χ3v) is 3.87. The van der Waals surface area contributed by atoms with Crippen LogP contribution >= 0.6 is 11.6 Å². The van der Waals surface area contributed by atoms with Crippen molar-refractivity contribution in [1.82, 2.24) is 5.32 Å². The lowest BCUT2D eigenvalue weighted by atomic mass is 10.0. The van der Waals surface area contributed by atoms with Gasteiger partial charge in [-0.1, -0.05) is 48.0 Å². The fourth-order valence-electron chi connectivity index (χ4n) is 2.36. The van der Waals surface area contributed by atoms with Crippen LogP contribution in [0.2, 0.25) is 5.02 Å². The average Bonchev–Trinajstić information content (AvgIpc) is 2.46. The van der Waals surface area contributed by atoms with E-state index in [2.05, 4.69) is 62.1 Å². The molecule has 0 amide bonds. The van der Waals surface area contributed by atoms with Crippen molar-refractivity contribution in [2.75, 3.05) is 6.54 Å². The van der Waals surface area contributed by atoms with E-state index in [-0.39, 0.29) is 0 Å².